The van der Waals surface area contributed by atoms with Crippen LogP contribution in [0.1, 0.15) is 10.5 Å². The number of hydrogen-bond donors (Lipinski definition) is 0. The molecule has 4 nitrogen and oxygen atoms in total. The Balaban J connectivity index is 1.60. The van der Waals surface area contributed by atoms with Crippen molar-refractivity contribution in [2.24, 2.45) is 0 Å². The van der Waals surface area contributed by atoms with E-state index in [1.165, 1.54) is 0 Å². The van der Waals surface area contributed by atoms with Crippen molar-refractivity contribution in [2.45, 2.75) is 10.8 Å². The van der Waals surface area contributed by atoms with E-state index in [0.29, 0.717) is 11.6 Å². The van der Waals surface area contributed by atoms with Crippen LogP contribution >= 0.6 is 11.8 Å². The van der Waals surface area contributed by atoms with Crippen LogP contribution < -0.4 is 15.6 Å². The first kappa shape index (κ1) is 22.1. The second-order valence-electron chi connectivity index (χ2n) is 7.91. The summed E-state index contributed by atoms with van der Waals surface area (Å²) in [6.45, 7) is 0. The molecule has 0 unspecified atom stereocenters. The Morgan fingerprint density at radius 1 is 0.676 bits per heavy atom. The summed E-state index contributed by atoms with van der Waals surface area (Å²) >= 11 is 1.66. The van der Waals surface area contributed by atoms with E-state index >= 15 is 0 Å². The molecule has 0 saturated carbocycles. The molecule has 0 saturated heterocycles. The monoisotopic (exact) mass is 477 g/mol. The first-order valence-electron chi connectivity index (χ1n) is 11.1. The average Bonchev–Trinajstić information content (AvgIpc) is 3.40. The normalized spacial score (nSPS) is 11.3. The van der Waals surface area contributed by atoms with Gasteiger partial charge >= 0.3 is 0 Å². The lowest BCUT2D eigenvalue weighted by Gasteiger charge is -2.31. The third kappa shape index (κ3) is 4.25. The van der Waals surface area contributed by atoms with Crippen molar-refractivity contribution in [3.05, 3.63) is 133 Å². The number of hydrogen-bond acceptors (Lipinski definition) is 4. The fourth-order valence-electron chi connectivity index (χ4n) is 4.27. The van der Waals surface area contributed by atoms with E-state index in [9.17, 15) is 4.79 Å². The Labute approximate surface area is 204 Å². The predicted molar refractivity (Wildman–Crippen MR) is 141 cm³/mol. The third-order valence-electron chi connectivity index (χ3n) is 5.84. The molecule has 0 fully saturated rings. The zero-order chi connectivity index (χ0) is 23.2. The molecule has 34 heavy (non-hydrogen) atoms. The van der Waals surface area contributed by atoms with Gasteiger partial charge in [-0.2, -0.15) is 0 Å². The molecular weight excluding hydrogens is 454 g/mol. The molecule has 0 amide bonds. The predicted octanol–water partition coefficient (Wildman–Crippen LogP) is 3.92. The molecule has 1 aromatic heterocycles. The molecule has 166 valence electrons. The van der Waals surface area contributed by atoms with E-state index < -0.39 is 8.07 Å². The quantitative estimate of drug-likeness (QED) is 0.193. The Morgan fingerprint density at radius 2 is 1.12 bits per heavy atom. The van der Waals surface area contributed by atoms with Crippen LogP contribution in [0.25, 0.3) is 0 Å². The highest BCUT2D eigenvalue weighted by molar-refractivity contribution is 7.98. The Hall–Kier alpha value is -3.74. The Bertz CT molecular complexity index is 1260. The second kappa shape index (κ2) is 10.0. The van der Waals surface area contributed by atoms with Gasteiger partial charge in [-0.25, -0.2) is 4.68 Å². The van der Waals surface area contributed by atoms with Crippen molar-refractivity contribution < 1.29 is 4.79 Å². The van der Waals surface area contributed by atoms with E-state index in [1.807, 2.05) is 72.8 Å². The number of aromatic nitrogens is 3. The molecule has 6 heteroatoms. The maximum Gasteiger partial charge on any atom is 0.232 e. The molecule has 5 aromatic rings. The van der Waals surface area contributed by atoms with Gasteiger partial charge in [0.1, 0.15) is 5.69 Å². The molecule has 0 aliphatic carbocycles. The zero-order valence-electron chi connectivity index (χ0n) is 18.5. The Kier molecular flexibility index (Phi) is 6.51. The average molecular weight is 478 g/mol. The maximum atomic E-state index is 14.5. The minimum Gasteiger partial charge on any atom is -0.297 e. The summed E-state index contributed by atoms with van der Waals surface area (Å²) < 4.78 is 1.74. The molecule has 5 rings (SSSR count). The van der Waals surface area contributed by atoms with Crippen LogP contribution in [-0.2, 0) is 5.88 Å². The highest BCUT2D eigenvalue weighted by Crippen LogP contribution is 2.19. The third-order valence-corrected chi connectivity index (χ3v) is 11.4. The molecule has 0 bridgehead atoms. The molecular formula is C28H23N3OSSi. The summed E-state index contributed by atoms with van der Waals surface area (Å²) in [6.07, 6.45) is 1.79. The topological polar surface area (TPSA) is 47.8 Å². The van der Waals surface area contributed by atoms with Crippen LogP contribution in [0.5, 0.6) is 0 Å². The molecule has 0 atom stereocenters. The van der Waals surface area contributed by atoms with Gasteiger partial charge in [-0.1, -0.05) is 114 Å². The first-order valence-corrected chi connectivity index (χ1v) is 14.1. The fraction of sp³-hybridized carbons (Fsp3) is 0.0357. The van der Waals surface area contributed by atoms with Gasteiger partial charge in [0.05, 0.1) is 12.1 Å². The standard InChI is InChI=1S/C28H23N3OSSi/c32-28(27-21-31(30-29-27)22-33-23-13-5-1-6-14-23)34(24-15-7-2-8-16-24,25-17-9-3-10-18-25)26-19-11-4-12-20-26/h1-21H,22H2. The summed E-state index contributed by atoms with van der Waals surface area (Å²) in [5.41, 5.74) is 0.400. The molecule has 0 aliphatic rings. The van der Waals surface area contributed by atoms with Crippen LogP contribution in [0.2, 0.25) is 0 Å². The molecule has 0 aliphatic heterocycles. The number of carbonyl (C=O) groups is 1. The SMILES string of the molecule is O=C(c1cn(CSc2ccccc2)nn1)[Si](c1ccccc1)(c1ccccc1)c1ccccc1. The number of nitrogens with zero attached hydrogens (tertiary/aromatic N) is 3. The summed E-state index contributed by atoms with van der Waals surface area (Å²) in [6, 6.07) is 40.5. The first-order chi connectivity index (χ1) is 16.8. The van der Waals surface area contributed by atoms with Crippen molar-refractivity contribution in [1.29, 1.82) is 0 Å². The summed E-state index contributed by atoms with van der Waals surface area (Å²) in [5, 5.41) is 11.8. The number of carbonyl (C=O) groups excluding carboxylic acids is 1. The van der Waals surface area contributed by atoms with Gasteiger partial charge in [0.15, 0.2) is 5.41 Å². The largest absolute Gasteiger partial charge is 0.297 e. The van der Waals surface area contributed by atoms with Crippen molar-refractivity contribution in [2.75, 3.05) is 0 Å². The highest BCUT2D eigenvalue weighted by atomic mass is 32.2. The minimum absolute atomic E-state index is 0.0343. The Morgan fingerprint density at radius 3 is 1.59 bits per heavy atom. The lowest BCUT2D eigenvalue weighted by Crippen LogP contribution is -2.72. The molecule has 0 radical (unpaired) electrons. The van der Waals surface area contributed by atoms with Gasteiger partial charge < -0.3 is 0 Å². The van der Waals surface area contributed by atoms with E-state index in [1.54, 1.807) is 22.6 Å². The van der Waals surface area contributed by atoms with Crippen molar-refractivity contribution in [1.82, 2.24) is 15.0 Å². The van der Waals surface area contributed by atoms with Gasteiger partial charge in [-0.15, -0.1) is 16.9 Å². The summed E-state index contributed by atoms with van der Waals surface area (Å²) in [7, 11) is -3.10. The number of benzene rings is 4. The van der Waals surface area contributed by atoms with Crippen LogP contribution in [0.4, 0.5) is 0 Å². The van der Waals surface area contributed by atoms with E-state index in [4.69, 9.17) is 0 Å². The number of rotatable bonds is 8. The highest BCUT2D eigenvalue weighted by Gasteiger charge is 2.48. The second-order valence-corrected chi connectivity index (χ2v) is 12.6. The number of thioether (sulfide) groups is 1. The van der Waals surface area contributed by atoms with Crippen molar-refractivity contribution in [3.63, 3.8) is 0 Å². The van der Waals surface area contributed by atoms with Crippen LogP contribution in [-0.4, -0.2) is 28.5 Å². The molecule has 0 N–H and O–H groups in total. The van der Waals surface area contributed by atoms with Gasteiger partial charge in [0.25, 0.3) is 0 Å². The fourth-order valence-corrected chi connectivity index (χ4v) is 9.39. The lowest BCUT2D eigenvalue weighted by molar-refractivity contribution is 0.106. The van der Waals surface area contributed by atoms with Crippen LogP contribution in [0, 0.1) is 0 Å². The van der Waals surface area contributed by atoms with E-state index in [2.05, 4.69) is 58.8 Å². The molecule has 0 spiro atoms. The lowest BCUT2D eigenvalue weighted by atomic mass is 10.3. The molecule has 4 aromatic carbocycles. The minimum atomic E-state index is -3.10. The maximum absolute atomic E-state index is 14.5. The smallest absolute Gasteiger partial charge is 0.232 e. The van der Waals surface area contributed by atoms with Crippen molar-refractivity contribution in [3.8, 4) is 0 Å². The van der Waals surface area contributed by atoms with Crippen molar-refractivity contribution >= 4 is 40.8 Å². The van der Waals surface area contributed by atoms with E-state index in [0.717, 1.165) is 20.5 Å². The molecule has 1 heterocycles. The van der Waals surface area contributed by atoms with Gasteiger partial charge in [0, 0.05) is 4.90 Å². The van der Waals surface area contributed by atoms with Crippen LogP contribution in [0.3, 0.4) is 0 Å². The van der Waals surface area contributed by atoms with Gasteiger partial charge in [-0.3, -0.25) is 4.79 Å². The van der Waals surface area contributed by atoms with E-state index in [-0.39, 0.29) is 5.41 Å². The zero-order valence-corrected chi connectivity index (χ0v) is 20.3. The van der Waals surface area contributed by atoms with Gasteiger partial charge in [0.2, 0.25) is 8.07 Å². The van der Waals surface area contributed by atoms with Crippen LogP contribution in [0.15, 0.2) is 132 Å². The summed E-state index contributed by atoms with van der Waals surface area (Å²) in [5.74, 6) is 0.584. The summed E-state index contributed by atoms with van der Waals surface area (Å²) in [4.78, 5) is 15.6. The van der Waals surface area contributed by atoms with Gasteiger partial charge in [-0.05, 0) is 27.7 Å².